The van der Waals surface area contributed by atoms with E-state index in [0.29, 0.717) is 11.3 Å². The van der Waals surface area contributed by atoms with Crippen molar-refractivity contribution in [2.75, 3.05) is 5.73 Å². The van der Waals surface area contributed by atoms with Crippen LogP contribution in [0.1, 0.15) is 15.9 Å². The van der Waals surface area contributed by atoms with Crippen molar-refractivity contribution in [1.82, 2.24) is 5.32 Å². The van der Waals surface area contributed by atoms with Crippen molar-refractivity contribution in [1.29, 1.82) is 0 Å². The van der Waals surface area contributed by atoms with Crippen LogP contribution in [0.25, 0.3) is 0 Å². The first kappa shape index (κ1) is 13.8. The number of amides is 1. The van der Waals surface area contributed by atoms with E-state index in [1.54, 1.807) is 0 Å². The molecule has 2 aromatic rings. The zero-order chi connectivity index (χ0) is 14.7. The number of carbonyl (C=O) groups excluding carboxylic acids is 1. The van der Waals surface area contributed by atoms with Gasteiger partial charge in [-0.15, -0.1) is 0 Å². The lowest BCUT2D eigenvalue weighted by atomic mass is 10.1. The maximum Gasteiger partial charge on any atom is 0.254 e. The minimum absolute atomic E-state index is 0.0424. The van der Waals surface area contributed by atoms with Crippen LogP contribution in [-0.2, 0) is 6.54 Å². The molecule has 0 aliphatic heterocycles. The Morgan fingerprint density at radius 3 is 2.75 bits per heavy atom. The summed E-state index contributed by atoms with van der Waals surface area (Å²) >= 11 is 0. The van der Waals surface area contributed by atoms with Crippen LogP contribution in [0.5, 0.6) is 5.75 Å². The molecule has 0 atom stereocenters. The molecule has 0 saturated carbocycles. The molecule has 4 N–H and O–H groups in total. The van der Waals surface area contributed by atoms with Crippen molar-refractivity contribution in [2.24, 2.45) is 0 Å². The summed E-state index contributed by atoms with van der Waals surface area (Å²) in [5.41, 5.74) is 5.97. The third kappa shape index (κ3) is 2.85. The summed E-state index contributed by atoms with van der Waals surface area (Å²) in [4.78, 5) is 11.8. The zero-order valence-corrected chi connectivity index (χ0v) is 10.4. The molecular formula is C14H12F2N2O2. The molecule has 2 rings (SSSR count). The molecule has 0 radical (unpaired) electrons. The largest absolute Gasteiger partial charge is 0.508 e. The second kappa shape index (κ2) is 5.56. The molecule has 0 saturated heterocycles. The van der Waals surface area contributed by atoms with E-state index < -0.39 is 23.1 Å². The molecule has 0 fully saturated rings. The van der Waals surface area contributed by atoms with Crippen molar-refractivity contribution >= 4 is 11.6 Å². The fourth-order valence-electron chi connectivity index (χ4n) is 1.70. The number of halogens is 2. The van der Waals surface area contributed by atoms with Gasteiger partial charge in [0.1, 0.15) is 5.75 Å². The molecule has 1 amide bonds. The summed E-state index contributed by atoms with van der Waals surface area (Å²) in [6.45, 7) is -0.0499. The van der Waals surface area contributed by atoms with E-state index in [1.807, 2.05) is 0 Å². The van der Waals surface area contributed by atoms with E-state index in [0.717, 1.165) is 6.07 Å². The van der Waals surface area contributed by atoms with Crippen molar-refractivity contribution in [2.45, 2.75) is 6.54 Å². The van der Waals surface area contributed by atoms with Crippen LogP contribution in [0, 0.1) is 11.6 Å². The highest BCUT2D eigenvalue weighted by atomic mass is 19.2. The summed E-state index contributed by atoms with van der Waals surface area (Å²) in [6.07, 6.45) is 0. The van der Waals surface area contributed by atoms with Crippen LogP contribution in [-0.4, -0.2) is 11.0 Å². The Morgan fingerprint density at radius 2 is 2.00 bits per heavy atom. The van der Waals surface area contributed by atoms with Crippen molar-refractivity contribution < 1.29 is 18.7 Å². The number of aromatic hydroxyl groups is 1. The minimum Gasteiger partial charge on any atom is -0.508 e. The predicted molar refractivity (Wildman–Crippen MR) is 70.0 cm³/mol. The Morgan fingerprint density at radius 1 is 1.25 bits per heavy atom. The van der Waals surface area contributed by atoms with Gasteiger partial charge in [-0.3, -0.25) is 4.79 Å². The quantitative estimate of drug-likeness (QED) is 0.595. The molecule has 0 aliphatic carbocycles. The number of phenols is 1. The summed E-state index contributed by atoms with van der Waals surface area (Å²) in [7, 11) is 0. The molecule has 0 heterocycles. The van der Waals surface area contributed by atoms with Crippen LogP contribution in [0.2, 0.25) is 0 Å². The highest BCUT2D eigenvalue weighted by Crippen LogP contribution is 2.19. The third-order valence-corrected chi connectivity index (χ3v) is 2.74. The van der Waals surface area contributed by atoms with Gasteiger partial charge in [-0.25, -0.2) is 8.78 Å². The lowest BCUT2D eigenvalue weighted by Gasteiger charge is -2.08. The molecule has 0 aromatic heterocycles. The molecule has 104 valence electrons. The monoisotopic (exact) mass is 278 g/mol. The van der Waals surface area contributed by atoms with E-state index in [4.69, 9.17) is 5.73 Å². The SMILES string of the molecule is Nc1ccc(O)c(CNC(=O)c2cccc(F)c2F)c1. The number of phenolic OH excluding ortho intramolecular Hbond substituents is 1. The first-order valence-corrected chi connectivity index (χ1v) is 5.78. The second-order valence-electron chi connectivity index (χ2n) is 4.17. The summed E-state index contributed by atoms with van der Waals surface area (Å²) in [6, 6.07) is 7.72. The number of benzene rings is 2. The van der Waals surface area contributed by atoms with Gasteiger partial charge in [-0.05, 0) is 30.3 Å². The fourth-order valence-corrected chi connectivity index (χ4v) is 1.70. The lowest BCUT2D eigenvalue weighted by molar-refractivity contribution is 0.0945. The molecular weight excluding hydrogens is 266 g/mol. The van der Waals surface area contributed by atoms with Crippen molar-refractivity contribution in [3.05, 3.63) is 59.2 Å². The van der Waals surface area contributed by atoms with E-state index in [2.05, 4.69) is 5.32 Å². The van der Waals surface area contributed by atoms with Crippen molar-refractivity contribution in [3.63, 3.8) is 0 Å². The smallest absolute Gasteiger partial charge is 0.254 e. The van der Waals surface area contributed by atoms with Crippen LogP contribution >= 0.6 is 0 Å². The molecule has 4 nitrogen and oxygen atoms in total. The highest BCUT2D eigenvalue weighted by molar-refractivity contribution is 5.94. The van der Waals surface area contributed by atoms with Gasteiger partial charge >= 0.3 is 0 Å². The molecule has 0 unspecified atom stereocenters. The number of nitrogen functional groups attached to an aromatic ring is 1. The van der Waals surface area contributed by atoms with Gasteiger partial charge in [0.25, 0.3) is 5.91 Å². The second-order valence-corrected chi connectivity index (χ2v) is 4.17. The molecule has 20 heavy (non-hydrogen) atoms. The van der Waals surface area contributed by atoms with Crippen LogP contribution in [0.4, 0.5) is 14.5 Å². The number of anilines is 1. The zero-order valence-electron chi connectivity index (χ0n) is 10.4. The first-order chi connectivity index (χ1) is 9.49. The maximum atomic E-state index is 13.4. The number of nitrogens with two attached hydrogens (primary N) is 1. The van der Waals surface area contributed by atoms with E-state index in [1.165, 1.54) is 30.3 Å². The lowest BCUT2D eigenvalue weighted by Crippen LogP contribution is -2.24. The van der Waals surface area contributed by atoms with Crippen molar-refractivity contribution in [3.8, 4) is 5.75 Å². The number of nitrogens with one attached hydrogen (secondary N) is 1. The topological polar surface area (TPSA) is 75.3 Å². The van der Waals surface area contributed by atoms with Gasteiger partial charge in [0, 0.05) is 17.8 Å². The first-order valence-electron chi connectivity index (χ1n) is 5.78. The highest BCUT2D eigenvalue weighted by Gasteiger charge is 2.15. The number of hydrogen-bond donors (Lipinski definition) is 3. The Balaban J connectivity index is 2.13. The van der Waals surface area contributed by atoms with E-state index in [9.17, 15) is 18.7 Å². The molecule has 0 spiro atoms. The van der Waals surface area contributed by atoms with Gasteiger partial charge in [-0.1, -0.05) is 6.07 Å². The average Bonchev–Trinajstić information content (AvgIpc) is 2.42. The standard InChI is InChI=1S/C14H12F2N2O2/c15-11-3-1-2-10(13(11)16)14(20)18-7-8-6-9(17)4-5-12(8)19/h1-6,19H,7,17H2,(H,18,20). The number of hydrogen-bond acceptors (Lipinski definition) is 3. The van der Waals surface area contributed by atoms with Gasteiger partial charge in [0.05, 0.1) is 5.56 Å². The van der Waals surface area contributed by atoms with Gasteiger partial charge in [0.15, 0.2) is 11.6 Å². The van der Waals surface area contributed by atoms with Crippen LogP contribution in [0.15, 0.2) is 36.4 Å². The van der Waals surface area contributed by atoms with Gasteiger partial charge in [-0.2, -0.15) is 0 Å². The summed E-state index contributed by atoms with van der Waals surface area (Å²) < 4.78 is 26.4. The average molecular weight is 278 g/mol. The molecule has 0 aliphatic rings. The Labute approximate surface area is 113 Å². The normalized spacial score (nSPS) is 10.3. The van der Waals surface area contributed by atoms with E-state index in [-0.39, 0.29) is 12.3 Å². The van der Waals surface area contributed by atoms with E-state index >= 15 is 0 Å². The summed E-state index contributed by atoms with van der Waals surface area (Å²) in [5, 5.41) is 12.0. The Kier molecular flexibility index (Phi) is 3.84. The Hall–Kier alpha value is -2.63. The number of rotatable bonds is 3. The summed E-state index contributed by atoms with van der Waals surface area (Å²) in [5.74, 6) is -3.12. The molecule has 0 bridgehead atoms. The fraction of sp³-hybridized carbons (Fsp3) is 0.0714. The molecule has 2 aromatic carbocycles. The predicted octanol–water partition coefficient (Wildman–Crippen LogP) is 2.18. The Bertz CT molecular complexity index is 660. The number of carbonyl (C=O) groups is 1. The maximum absolute atomic E-state index is 13.4. The van der Waals surface area contributed by atoms with Crippen LogP contribution < -0.4 is 11.1 Å². The van der Waals surface area contributed by atoms with Gasteiger partial charge < -0.3 is 16.2 Å². The third-order valence-electron chi connectivity index (χ3n) is 2.74. The van der Waals surface area contributed by atoms with Crippen LogP contribution in [0.3, 0.4) is 0 Å². The minimum atomic E-state index is -1.21. The molecule has 6 heteroatoms. The van der Waals surface area contributed by atoms with Gasteiger partial charge in [0.2, 0.25) is 0 Å².